The van der Waals surface area contributed by atoms with E-state index >= 15 is 0 Å². The summed E-state index contributed by atoms with van der Waals surface area (Å²) in [5.41, 5.74) is 2.60. The zero-order chi connectivity index (χ0) is 13.8. The molecule has 0 atom stereocenters. The maximum atomic E-state index is 11.9. The molecule has 0 fully saturated rings. The van der Waals surface area contributed by atoms with Crippen molar-refractivity contribution in [3.63, 3.8) is 0 Å². The Kier molecular flexibility index (Phi) is 4.21. The van der Waals surface area contributed by atoms with Crippen LogP contribution in [-0.4, -0.2) is 22.8 Å². The molecule has 102 valence electrons. The molecule has 19 heavy (non-hydrogen) atoms. The minimum absolute atomic E-state index is 0.0272. The van der Waals surface area contributed by atoms with Crippen LogP contribution in [0.5, 0.6) is 5.88 Å². The lowest BCUT2D eigenvalue weighted by molar-refractivity contribution is -0.116. The fraction of sp³-hybridized carbons (Fsp3) is 0.385. The van der Waals surface area contributed by atoms with Gasteiger partial charge in [-0.1, -0.05) is 0 Å². The zero-order valence-electron chi connectivity index (χ0n) is 11.3. The van der Waals surface area contributed by atoms with Gasteiger partial charge < -0.3 is 10.1 Å². The molecule has 1 amide bonds. The maximum absolute atomic E-state index is 11.9. The number of hydrogen-bond donors (Lipinski definition) is 1. The number of nitrogens with one attached hydrogen (secondary N) is 1. The van der Waals surface area contributed by atoms with E-state index in [1.165, 1.54) is 5.56 Å². The second-order valence-corrected chi connectivity index (χ2v) is 5.05. The summed E-state index contributed by atoms with van der Waals surface area (Å²) in [6, 6.07) is 2.04. The van der Waals surface area contributed by atoms with Crippen LogP contribution in [0.2, 0.25) is 0 Å². The van der Waals surface area contributed by atoms with Crippen LogP contribution in [-0.2, 0) is 18.3 Å². The van der Waals surface area contributed by atoms with Crippen molar-refractivity contribution in [2.24, 2.45) is 7.05 Å². The molecule has 0 aliphatic rings. The largest absolute Gasteiger partial charge is 0.480 e. The van der Waals surface area contributed by atoms with E-state index < -0.39 is 0 Å². The smallest absolute Gasteiger partial charge is 0.236 e. The van der Waals surface area contributed by atoms with Crippen LogP contribution in [0.3, 0.4) is 0 Å². The molecule has 6 heteroatoms. The van der Waals surface area contributed by atoms with E-state index in [1.54, 1.807) is 30.2 Å². The van der Waals surface area contributed by atoms with Gasteiger partial charge in [-0.15, -0.1) is 0 Å². The second-order valence-electron chi connectivity index (χ2n) is 4.27. The first-order chi connectivity index (χ1) is 9.11. The Bertz CT molecular complexity index is 561. The van der Waals surface area contributed by atoms with Crippen molar-refractivity contribution in [2.75, 3.05) is 12.4 Å². The van der Waals surface area contributed by atoms with Crippen molar-refractivity contribution < 1.29 is 9.53 Å². The number of carbonyl (C=O) groups excluding carboxylic acids is 1. The first kappa shape index (κ1) is 13.6. The lowest BCUT2D eigenvalue weighted by Gasteiger charge is -2.06. The molecular weight excluding hydrogens is 262 g/mol. The van der Waals surface area contributed by atoms with E-state index in [2.05, 4.69) is 15.8 Å². The highest BCUT2D eigenvalue weighted by Gasteiger charge is 2.16. The second kappa shape index (κ2) is 5.88. The molecule has 0 spiro atoms. The fourth-order valence-corrected chi connectivity index (χ4v) is 2.61. The molecule has 2 aromatic heterocycles. The normalized spacial score (nSPS) is 10.5. The topological polar surface area (TPSA) is 56.1 Å². The molecule has 0 aliphatic carbocycles. The van der Waals surface area contributed by atoms with Crippen molar-refractivity contribution in [1.29, 1.82) is 0 Å². The quantitative estimate of drug-likeness (QED) is 0.914. The van der Waals surface area contributed by atoms with Gasteiger partial charge in [-0.05, 0) is 35.7 Å². The molecule has 0 aromatic carbocycles. The van der Waals surface area contributed by atoms with Gasteiger partial charge >= 0.3 is 0 Å². The average molecular weight is 279 g/mol. The van der Waals surface area contributed by atoms with Crippen molar-refractivity contribution in [3.8, 4) is 5.88 Å². The fourth-order valence-electron chi connectivity index (χ4n) is 1.91. The van der Waals surface area contributed by atoms with Gasteiger partial charge in [0.1, 0.15) is 5.69 Å². The summed E-state index contributed by atoms with van der Waals surface area (Å²) in [5, 5.41) is 11.2. The SMILES string of the molecule is COc1c(NC(=O)CCc2ccsc2)c(C)nn1C. The van der Waals surface area contributed by atoms with Gasteiger partial charge in [0, 0.05) is 13.5 Å². The number of thiophene rings is 1. The monoisotopic (exact) mass is 279 g/mol. The number of hydrogen-bond acceptors (Lipinski definition) is 4. The van der Waals surface area contributed by atoms with Gasteiger partial charge in [0.2, 0.25) is 11.8 Å². The highest BCUT2D eigenvalue weighted by atomic mass is 32.1. The van der Waals surface area contributed by atoms with Gasteiger partial charge in [-0.25, -0.2) is 4.68 Å². The standard InChI is InChI=1S/C13H17N3O2S/c1-9-12(13(18-3)16(2)15-9)14-11(17)5-4-10-6-7-19-8-10/h6-8H,4-5H2,1-3H3,(H,14,17). The third-order valence-corrected chi connectivity index (χ3v) is 3.58. The lowest BCUT2D eigenvalue weighted by Crippen LogP contribution is -2.13. The molecule has 0 unspecified atom stereocenters. The van der Waals surface area contributed by atoms with Crippen LogP contribution < -0.4 is 10.1 Å². The van der Waals surface area contributed by atoms with E-state index in [9.17, 15) is 4.79 Å². The van der Waals surface area contributed by atoms with E-state index in [0.29, 0.717) is 18.0 Å². The number of ether oxygens (including phenoxy) is 1. The number of aryl methyl sites for hydroxylation is 3. The summed E-state index contributed by atoms with van der Waals surface area (Å²) in [6.07, 6.45) is 1.20. The Morgan fingerprint density at radius 2 is 2.37 bits per heavy atom. The number of rotatable bonds is 5. The van der Waals surface area contributed by atoms with Crippen LogP contribution in [0.4, 0.5) is 5.69 Å². The highest BCUT2D eigenvalue weighted by molar-refractivity contribution is 7.07. The number of anilines is 1. The third kappa shape index (κ3) is 3.14. The van der Waals surface area contributed by atoms with Gasteiger partial charge in [0.05, 0.1) is 12.8 Å². The molecule has 0 saturated carbocycles. The Balaban J connectivity index is 1.99. The number of aromatic nitrogens is 2. The predicted octanol–water partition coefficient (Wildman–Crippen LogP) is 2.37. The van der Waals surface area contributed by atoms with E-state index in [1.807, 2.05) is 18.4 Å². The van der Waals surface area contributed by atoms with Gasteiger partial charge in [-0.2, -0.15) is 16.4 Å². The summed E-state index contributed by atoms with van der Waals surface area (Å²) in [4.78, 5) is 11.9. The summed E-state index contributed by atoms with van der Waals surface area (Å²) in [7, 11) is 3.35. The van der Waals surface area contributed by atoms with Crippen LogP contribution in [0.25, 0.3) is 0 Å². The summed E-state index contributed by atoms with van der Waals surface area (Å²) < 4.78 is 6.85. The van der Waals surface area contributed by atoms with Gasteiger partial charge in [0.15, 0.2) is 0 Å². The molecule has 1 N–H and O–H groups in total. The minimum atomic E-state index is -0.0272. The molecule has 2 heterocycles. The summed E-state index contributed by atoms with van der Waals surface area (Å²) in [6.45, 7) is 1.84. The average Bonchev–Trinajstić information content (AvgIpc) is 2.96. The van der Waals surface area contributed by atoms with E-state index in [4.69, 9.17) is 4.74 Å². The number of nitrogens with zero attached hydrogens (tertiary/aromatic N) is 2. The van der Waals surface area contributed by atoms with Crippen LogP contribution in [0, 0.1) is 6.92 Å². The lowest BCUT2D eigenvalue weighted by atomic mass is 10.2. The molecule has 2 aromatic rings. The van der Waals surface area contributed by atoms with Crippen LogP contribution in [0.15, 0.2) is 16.8 Å². The molecule has 0 bridgehead atoms. The van der Waals surface area contributed by atoms with E-state index in [-0.39, 0.29) is 5.91 Å². The predicted molar refractivity (Wildman–Crippen MR) is 75.8 cm³/mol. The Morgan fingerprint density at radius 3 is 3.00 bits per heavy atom. The van der Waals surface area contributed by atoms with Crippen molar-refractivity contribution >= 4 is 22.9 Å². The number of methoxy groups -OCH3 is 1. The van der Waals surface area contributed by atoms with Crippen molar-refractivity contribution in [1.82, 2.24) is 9.78 Å². The Labute approximate surface area is 116 Å². The first-order valence-electron chi connectivity index (χ1n) is 6.00. The van der Waals surface area contributed by atoms with Gasteiger partial charge in [-0.3, -0.25) is 4.79 Å². The van der Waals surface area contributed by atoms with Gasteiger partial charge in [0.25, 0.3) is 0 Å². The highest BCUT2D eigenvalue weighted by Crippen LogP contribution is 2.27. The zero-order valence-corrected chi connectivity index (χ0v) is 12.1. The van der Waals surface area contributed by atoms with E-state index in [0.717, 1.165) is 12.1 Å². The molecule has 0 radical (unpaired) electrons. The first-order valence-corrected chi connectivity index (χ1v) is 6.94. The molecule has 0 saturated heterocycles. The van der Waals surface area contributed by atoms with Crippen LogP contribution >= 0.6 is 11.3 Å². The Hall–Kier alpha value is -1.82. The van der Waals surface area contributed by atoms with Crippen molar-refractivity contribution in [3.05, 3.63) is 28.1 Å². The van der Waals surface area contributed by atoms with Crippen LogP contribution in [0.1, 0.15) is 17.7 Å². The molecular formula is C13H17N3O2S. The number of amides is 1. The van der Waals surface area contributed by atoms with Crippen molar-refractivity contribution in [2.45, 2.75) is 19.8 Å². The molecule has 0 aliphatic heterocycles. The number of carbonyl (C=O) groups is 1. The minimum Gasteiger partial charge on any atom is -0.480 e. The summed E-state index contributed by atoms with van der Waals surface area (Å²) >= 11 is 1.64. The molecule has 5 nitrogen and oxygen atoms in total. The Morgan fingerprint density at radius 1 is 1.58 bits per heavy atom. The maximum Gasteiger partial charge on any atom is 0.236 e. The molecule has 2 rings (SSSR count). The third-order valence-electron chi connectivity index (χ3n) is 2.85. The summed E-state index contributed by atoms with van der Waals surface area (Å²) in [5.74, 6) is 0.544.